The molecule has 0 unspecified atom stereocenters. The summed E-state index contributed by atoms with van der Waals surface area (Å²) in [7, 11) is 0. The van der Waals surface area contributed by atoms with Crippen LogP contribution in [0.3, 0.4) is 0 Å². The van der Waals surface area contributed by atoms with Crippen molar-refractivity contribution in [3.8, 4) is 17.2 Å². The van der Waals surface area contributed by atoms with Crippen LogP contribution in [0, 0.1) is 0 Å². The van der Waals surface area contributed by atoms with E-state index < -0.39 is 0 Å². The van der Waals surface area contributed by atoms with Crippen molar-refractivity contribution in [3.63, 3.8) is 0 Å². The third-order valence-corrected chi connectivity index (χ3v) is 5.92. The lowest BCUT2D eigenvalue weighted by Crippen LogP contribution is -2.07. The standard InChI is InChI=1S/C29H30O4/c1-5-19(4)23-17-20(6-2)28(18-24(23)30)32-16-10-15-31-25-13-14-27-29(21(25)7-3)22-11-8-9-12-26(22)33-27/h5,8-9,11-14,17-18,30H,1,4,6-7,10,15-16H2,2-3H3. The molecule has 4 aromatic rings. The third kappa shape index (κ3) is 4.47. The number of hydrogen-bond donors (Lipinski definition) is 1. The summed E-state index contributed by atoms with van der Waals surface area (Å²) in [4.78, 5) is 0. The lowest BCUT2D eigenvalue weighted by atomic mass is 10.0. The molecule has 4 heteroatoms. The van der Waals surface area contributed by atoms with Crippen molar-refractivity contribution in [1.82, 2.24) is 0 Å². The molecule has 0 fully saturated rings. The number of aryl methyl sites for hydroxylation is 2. The fourth-order valence-corrected chi connectivity index (χ4v) is 4.17. The molecule has 3 aromatic carbocycles. The average molecular weight is 443 g/mol. The Morgan fingerprint density at radius 2 is 1.73 bits per heavy atom. The molecule has 0 saturated carbocycles. The van der Waals surface area contributed by atoms with Crippen molar-refractivity contribution in [2.45, 2.75) is 33.1 Å². The number of fused-ring (bicyclic) bond motifs is 3. The highest BCUT2D eigenvalue weighted by Crippen LogP contribution is 2.36. The van der Waals surface area contributed by atoms with Gasteiger partial charge < -0.3 is 19.0 Å². The maximum Gasteiger partial charge on any atom is 0.135 e. The third-order valence-electron chi connectivity index (χ3n) is 5.92. The Labute approximate surface area is 194 Å². The Kier molecular flexibility index (Phi) is 6.74. The summed E-state index contributed by atoms with van der Waals surface area (Å²) in [6.07, 6.45) is 4.01. The number of ether oxygens (including phenoxy) is 2. The summed E-state index contributed by atoms with van der Waals surface area (Å²) in [5, 5.41) is 12.6. The Balaban J connectivity index is 1.42. The van der Waals surface area contributed by atoms with E-state index in [9.17, 15) is 5.11 Å². The molecule has 0 bridgehead atoms. The molecule has 33 heavy (non-hydrogen) atoms. The molecule has 0 saturated heterocycles. The molecule has 0 radical (unpaired) electrons. The van der Waals surface area contributed by atoms with Crippen LogP contribution >= 0.6 is 0 Å². The van der Waals surface area contributed by atoms with E-state index in [1.54, 1.807) is 12.1 Å². The Bertz CT molecular complexity index is 1310. The van der Waals surface area contributed by atoms with Crippen LogP contribution in [0.5, 0.6) is 17.2 Å². The van der Waals surface area contributed by atoms with E-state index in [0.717, 1.165) is 58.1 Å². The van der Waals surface area contributed by atoms with Gasteiger partial charge in [-0.3, -0.25) is 0 Å². The first-order valence-electron chi connectivity index (χ1n) is 11.4. The van der Waals surface area contributed by atoms with Crippen molar-refractivity contribution in [2.75, 3.05) is 13.2 Å². The van der Waals surface area contributed by atoms with Gasteiger partial charge in [-0.05, 0) is 48.2 Å². The van der Waals surface area contributed by atoms with Crippen molar-refractivity contribution < 1.29 is 19.0 Å². The summed E-state index contributed by atoms with van der Waals surface area (Å²) in [5.74, 6) is 1.73. The van der Waals surface area contributed by atoms with Crippen LogP contribution in [-0.2, 0) is 12.8 Å². The van der Waals surface area contributed by atoms with Crippen molar-refractivity contribution in [2.24, 2.45) is 0 Å². The molecular weight excluding hydrogens is 412 g/mol. The van der Waals surface area contributed by atoms with Crippen molar-refractivity contribution >= 4 is 27.5 Å². The van der Waals surface area contributed by atoms with E-state index in [1.165, 1.54) is 0 Å². The van der Waals surface area contributed by atoms with Gasteiger partial charge in [-0.25, -0.2) is 0 Å². The Morgan fingerprint density at radius 3 is 2.45 bits per heavy atom. The van der Waals surface area contributed by atoms with E-state index >= 15 is 0 Å². The van der Waals surface area contributed by atoms with Gasteiger partial charge in [0.2, 0.25) is 0 Å². The topological polar surface area (TPSA) is 51.8 Å². The van der Waals surface area contributed by atoms with Crippen LogP contribution in [0.2, 0.25) is 0 Å². The second kappa shape index (κ2) is 9.86. The van der Waals surface area contributed by atoms with Gasteiger partial charge >= 0.3 is 0 Å². The van der Waals surface area contributed by atoms with E-state index in [0.29, 0.717) is 30.1 Å². The van der Waals surface area contributed by atoms with E-state index in [-0.39, 0.29) is 5.75 Å². The molecule has 0 amide bonds. The summed E-state index contributed by atoms with van der Waals surface area (Å²) < 4.78 is 18.1. The SMILES string of the molecule is C=CC(=C)c1cc(CC)c(OCCCOc2ccc3oc4ccccc4c3c2CC)cc1O. The molecule has 0 spiro atoms. The number of rotatable bonds is 10. The molecular formula is C29H30O4. The second-order valence-electron chi connectivity index (χ2n) is 7.98. The quantitative estimate of drug-likeness (QED) is 0.204. The van der Waals surface area contributed by atoms with Gasteiger partial charge in [0.25, 0.3) is 0 Å². The molecule has 4 nitrogen and oxygen atoms in total. The zero-order valence-corrected chi connectivity index (χ0v) is 19.3. The van der Waals surface area contributed by atoms with Crippen LogP contribution in [0.4, 0.5) is 0 Å². The van der Waals surface area contributed by atoms with Crippen LogP contribution < -0.4 is 9.47 Å². The maximum atomic E-state index is 10.3. The van der Waals surface area contributed by atoms with Gasteiger partial charge in [0.05, 0.1) is 13.2 Å². The number of aromatic hydroxyl groups is 1. The summed E-state index contributed by atoms with van der Waals surface area (Å²) in [6.45, 7) is 12.9. The molecule has 1 aromatic heterocycles. The van der Waals surface area contributed by atoms with Gasteiger partial charge in [-0.2, -0.15) is 0 Å². The highest BCUT2D eigenvalue weighted by atomic mass is 16.5. The number of furan rings is 1. The van der Waals surface area contributed by atoms with E-state index in [1.807, 2.05) is 36.4 Å². The molecule has 1 heterocycles. The van der Waals surface area contributed by atoms with Crippen LogP contribution in [0.1, 0.15) is 37.0 Å². The molecule has 0 aliphatic carbocycles. The number of hydrogen-bond acceptors (Lipinski definition) is 4. The number of phenolic OH excluding ortho intramolecular Hbond substituents is 1. The van der Waals surface area contributed by atoms with Crippen LogP contribution in [0.25, 0.3) is 27.5 Å². The zero-order chi connectivity index (χ0) is 23.4. The van der Waals surface area contributed by atoms with Crippen molar-refractivity contribution in [3.05, 3.63) is 84.5 Å². The van der Waals surface area contributed by atoms with Crippen molar-refractivity contribution in [1.29, 1.82) is 0 Å². The van der Waals surface area contributed by atoms with Gasteiger partial charge in [0.1, 0.15) is 28.4 Å². The smallest absolute Gasteiger partial charge is 0.135 e. The van der Waals surface area contributed by atoms with Gasteiger partial charge in [0, 0.05) is 34.4 Å². The Morgan fingerprint density at radius 1 is 0.970 bits per heavy atom. The molecule has 0 aliphatic rings. The van der Waals surface area contributed by atoms with Gasteiger partial charge in [-0.15, -0.1) is 0 Å². The molecule has 0 aliphatic heterocycles. The maximum absolute atomic E-state index is 10.3. The zero-order valence-electron chi connectivity index (χ0n) is 19.3. The summed E-state index contributed by atoms with van der Waals surface area (Å²) in [6, 6.07) is 15.7. The number of allylic oxidation sites excluding steroid dienone is 2. The first kappa shape index (κ1) is 22.5. The first-order valence-corrected chi connectivity index (χ1v) is 11.4. The largest absolute Gasteiger partial charge is 0.507 e. The van der Waals surface area contributed by atoms with Crippen LogP contribution in [-0.4, -0.2) is 18.3 Å². The van der Waals surface area contributed by atoms with E-state index in [2.05, 4.69) is 33.1 Å². The number of para-hydroxylation sites is 1. The molecule has 0 atom stereocenters. The average Bonchev–Trinajstić information content (AvgIpc) is 3.22. The highest BCUT2D eigenvalue weighted by Gasteiger charge is 2.15. The predicted molar refractivity (Wildman–Crippen MR) is 135 cm³/mol. The number of phenols is 1. The predicted octanol–water partition coefficient (Wildman–Crippen LogP) is 7.46. The lowest BCUT2D eigenvalue weighted by Gasteiger charge is -2.15. The van der Waals surface area contributed by atoms with Gasteiger partial charge in [0.15, 0.2) is 0 Å². The molecule has 4 rings (SSSR count). The highest BCUT2D eigenvalue weighted by molar-refractivity contribution is 6.07. The Hall–Kier alpha value is -3.66. The fraction of sp³-hybridized carbons (Fsp3) is 0.241. The first-order chi connectivity index (χ1) is 16.1. The minimum absolute atomic E-state index is 0.150. The van der Waals surface area contributed by atoms with Gasteiger partial charge in [-0.1, -0.05) is 51.3 Å². The summed E-state index contributed by atoms with van der Waals surface area (Å²) >= 11 is 0. The number of benzene rings is 3. The lowest BCUT2D eigenvalue weighted by molar-refractivity contribution is 0.245. The minimum Gasteiger partial charge on any atom is -0.507 e. The monoisotopic (exact) mass is 442 g/mol. The fourth-order valence-electron chi connectivity index (χ4n) is 4.17. The van der Waals surface area contributed by atoms with E-state index in [4.69, 9.17) is 13.9 Å². The molecule has 170 valence electrons. The minimum atomic E-state index is 0.150. The molecule has 1 N–H and O–H groups in total. The summed E-state index contributed by atoms with van der Waals surface area (Å²) in [5.41, 5.74) is 5.35. The normalized spacial score (nSPS) is 11.1. The van der Waals surface area contributed by atoms with Crippen LogP contribution in [0.15, 0.2) is 72.2 Å². The second-order valence-corrected chi connectivity index (χ2v) is 7.98.